The summed E-state index contributed by atoms with van der Waals surface area (Å²) in [5, 5.41) is 2.88. The molecule has 0 unspecified atom stereocenters. The summed E-state index contributed by atoms with van der Waals surface area (Å²) >= 11 is 0. The zero-order chi connectivity index (χ0) is 8.41. The lowest BCUT2D eigenvalue weighted by Gasteiger charge is -1.89. The smallest absolute Gasteiger partial charge is 0.131 e. The van der Waals surface area contributed by atoms with Crippen molar-refractivity contribution in [2.75, 3.05) is 13.6 Å². The lowest BCUT2D eigenvalue weighted by Crippen LogP contribution is -2.10. The van der Waals surface area contributed by atoms with Gasteiger partial charge in [0.25, 0.3) is 0 Å². The molecule has 0 aliphatic rings. The average molecular weight is 145 g/mol. The van der Waals surface area contributed by atoms with Gasteiger partial charge in [0.1, 0.15) is 5.78 Å². The quantitative estimate of drug-likeness (QED) is 0.653. The van der Waals surface area contributed by atoms with Crippen LogP contribution >= 0.6 is 0 Å². The first kappa shape index (κ1) is 12.3. The van der Waals surface area contributed by atoms with Crippen LogP contribution in [0.1, 0.15) is 33.6 Å². The van der Waals surface area contributed by atoms with E-state index in [2.05, 4.69) is 19.2 Å². The highest BCUT2D eigenvalue weighted by Crippen LogP contribution is 1.74. The molecule has 62 valence electrons. The maximum absolute atomic E-state index is 10.2. The van der Waals surface area contributed by atoms with Crippen LogP contribution in [0.4, 0.5) is 0 Å². The summed E-state index contributed by atoms with van der Waals surface area (Å²) in [6.45, 7) is 6.65. The largest absolute Gasteiger partial charge is 0.319 e. The molecule has 2 heteroatoms. The van der Waals surface area contributed by atoms with Crippen molar-refractivity contribution >= 4 is 5.78 Å². The Labute approximate surface area is 64.0 Å². The molecule has 0 aromatic carbocycles. The molecule has 0 aromatic rings. The zero-order valence-electron chi connectivity index (χ0n) is 7.53. The molecule has 0 aliphatic heterocycles. The molecule has 0 heterocycles. The van der Waals surface area contributed by atoms with Gasteiger partial charge in [-0.15, -0.1) is 0 Å². The highest BCUT2D eigenvalue weighted by atomic mass is 16.1. The van der Waals surface area contributed by atoms with Gasteiger partial charge in [-0.25, -0.2) is 0 Å². The summed E-state index contributed by atoms with van der Waals surface area (Å²) in [5.41, 5.74) is 0. The van der Waals surface area contributed by atoms with Gasteiger partial charge in [-0.05, 0) is 14.0 Å². The number of hydrogen-bond acceptors (Lipinski definition) is 2. The third-order valence-electron chi connectivity index (χ3n) is 0.727. The van der Waals surface area contributed by atoms with E-state index in [1.165, 1.54) is 6.42 Å². The number of Topliss-reactive ketones (excluding diaryl/α,β-unsaturated/α-hetero) is 1. The van der Waals surface area contributed by atoms with Crippen LogP contribution in [0.3, 0.4) is 0 Å². The number of hydrogen-bond donors (Lipinski definition) is 1. The third-order valence-corrected chi connectivity index (χ3v) is 0.727. The van der Waals surface area contributed by atoms with Gasteiger partial charge in [-0.2, -0.15) is 0 Å². The van der Waals surface area contributed by atoms with E-state index in [4.69, 9.17) is 0 Å². The van der Waals surface area contributed by atoms with E-state index in [0.29, 0.717) is 6.42 Å². The Hall–Kier alpha value is -0.370. The van der Waals surface area contributed by atoms with Gasteiger partial charge in [0.15, 0.2) is 0 Å². The van der Waals surface area contributed by atoms with E-state index in [0.717, 1.165) is 6.54 Å². The van der Waals surface area contributed by atoms with Crippen LogP contribution in [0.5, 0.6) is 0 Å². The minimum Gasteiger partial charge on any atom is -0.319 e. The van der Waals surface area contributed by atoms with Crippen molar-refractivity contribution < 1.29 is 4.79 Å². The molecular formula is C8H19NO. The molecule has 0 bridgehead atoms. The van der Waals surface area contributed by atoms with Crippen molar-refractivity contribution in [3.05, 3.63) is 0 Å². The van der Waals surface area contributed by atoms with Crippen LogP contribution in [-0.4, -0.2) is 19.4 Å². The predicted octanol–water partition coefficient (Wildman–Crippen LogP) is 1.60. The second kappa shape index (κ2) is 11.4. The van der Waals surface area contributed by atoms with Gasteiger partial charge in [0, 0.05) is 13.0 Å². The monoisotopic (exact) mass is 145 g/mol. The average Bonchev–Trinajstić information content (AvgIpc) is 1.85. The van der Waals surface area contributed by atoms with Crippen LogP contribution < -0.4 is 5.32 Å². The molecule has 0 aliphatic carbocycles. The van der Waals surface area contributed by atoms with E-state index in [-0.39, 0.29) is 5.78 Å². The fourth-order valence-corrected chi connectivity index (χ4v) is 0.301. The highest BCUT2D eigenvalue weighted by Gasteiger charge is 1.86. The Morgan fingerprint density at radius 3 is 1.90 bits per heavy atom. The first-order valence-corrected chi connectivity index (χ1v) is 3.83. The predicted molar refractivity (Wildman–Crippen MR) is 45.2 cm³/mol. The van der Waals surface area contributed by atoms with Crippen molar-refractivity contribution in [1.29, 1.82) is 0 Å². The van der Waals surface area contributed by atoms with Gasteiger partial charge < -0.3 is 5.32 Å². The zero-order valence-corrected chi connectivity index (χ0v) is 7.53. The lowest BCUT2D eigenvalue weighted by atomic mass is 10.3. The van der Waals surface area contributed by atoms with Crippen LogP contribution in [0.15, 0.2) is 0 Å². The van der Waals surface area contributed by atoms with Gasteiger partial charge in [-0.1, -0.05) is 20.3 Å². The molecule has 0 amide bonds. The summed E-state index contributed by atoms with van der Waals surface area (Å²) in [4.78, 5) is 10.2. The van der Waals surface area contributed by atoms with Gasteiger partial charge in [0.05, 0.1) is 0 Å². The van der Waals surface area contributed by atoms with E-state index in [1.54, 1.807) is 6.92 Å². The van der Waals surface area contributed by atoms with Crippen LogP contribution in [0.2, 0.25) is 0 Å². The second-order valence-corrected chi connectivity index (χ2v) is 2.26. The Kier molecular flexibility index (Phi) is 14.1. The van der Waals surface area contributed by atoms with Crippen LogP contribution in [0, 0.1) is 0 Å². The van der Waals surface area contributed by atoms with Crippen molar-refractivity contribution in [3.8, 4) is 0 Å². The third kappa shape index (κ3) is 25.5. The van der Waals surface area contributed by atoms with Gasteiger partial charge in [-0.3, -0.25) is 4.79 Å². The fraction of sp³-hybridized carbons (Fsp3) is 0.875. The number of ketones is 1. The molecule has 0 saturated carbocycles. The number of rotatable bonds is 3. The van der Waals surface area contributed by atoms with Crippen molar-refractivity contribution in [2.24, 2.45) is 0 Å². The fourth-order valence-electron chi connectivity index (χ4n) is 0.301. The first-order valence-electron chi connectivity index (χ1n) is 3.83. The lowest BCUT2D eigenvalue weighted by molar-refractivity contribution is -0.116. The Balaban J connectivity index is 0. The van der Waals surface area contributed by atoms with Crippen molar-refractivity contribution in [1.82, 2.24) is 5.32 Å². The van der Waals surface area contributed by atoms with Gasteiger partial charge >= 0.3 is 0 Å². The molecule has 10 heavy (non-hydrogen) atoms. The standard InChI is InChI=1S/C5H11NO.C3H8/c1-5(7)3-4-6-2;1-3-2/h6H,3-4H2,1-2H3;3H2,1-2H3. The normalized spacial score (nSPS) is 8.00. The van der Waals surface area contributed by atoms with Crippen molar-refractivity contribution in [3.63, 3.8) is 0 Å². The molecule has 0 radical (unpaired) electrons. The molecule has 0 fully saturated rings. The maximum Gasteiger partial charge on any atom is 0.131 e. The Bertz CT molecular complexity index is 71.7. The van der Waals surface area contributed by atoms with Crippen LogP contribution in [0.25, 0.3) is 0 Å². The Morgan fingerprint density at radius 2 is 1.80 bits per heavy atom. The summed E-state index contributed by atoms with van der Waals surface area (Å²) < 4.78 is 0. The number of nitrogens with one attached hydrogen (secondary N) is 1. The molecule has 0 rings (SSSR count). The van der Waals surface area contributed by atoms with E-state index >= 15 is 0 Å². The Morgan fingerprint density at radius 1 is 1.40 bits per heavy atom. The second-order valence-electron chi connectivity index (χ2n) is 2.26. The minimum absolute atomic E-state index is 0.245. The molecule has 0 atom stereocenters. The van der Waals surface area contributed by atoms with Crippen molar-refractivity contribution in [2.45, 2.75) is 33.6 Å². The SMILES string of the molecule is CCC.CNCCC(C)=O. The van der Waals surface area contributed by atoms with E-state index < -0.39 is 0 Å². The maximum atomic E-state index is 10.2. The number of carbonyl (C=O) groups is 1. The molecule has 2 nitrogen and oxygen atoms in total. The molecule has 0 saturated heterocycles. The van der Waals surface area contributed by atoms with E-state index in [9.17, 15) is 4.79 Å². The molecule has 1 N–H and O–H groups in total. The topological polar surface area (TPSA) is 29.1 Å². The van der Waals surface area contributed by atoms with E-state index in [1.807, 2.05) is 7.05 Å². The van der Waals surface area contributed by atoms with Crippen LogP contribution in [-0.2, 0) is 4.79 Å². The molecular weight excluding hydrogens is 126 g/mol. The van der Waals surface area contributed by atoms with Gasteiger partial charge in [0.2, 0.25) is 0 Å². The summed E-state index contributed by atoms with van der Waals surface area (Å²) in [6, 6.07) is 0. The molecule has 0 spiro atoms. The minimum atomic E-state index is 0.245. The summed E-state index contributed by atoms with van der Waals surface area (Å²) in [7, 11) is 1.84. The highest BCUT2D eigenvalue weighted by molar-refractivity contribution is 5.75. The molecule has 0 aromatic heterocycles. The first-order chi connectivity index (χ1) is 4.68. The summed E-state index contributed by atoms with van der Waals surface area (Å²) in [5.74, 6) is 0.245. The number of carbonyl (C=O) groups excluding carboxylic acids is 1. The summed E-state index contributed by atoms with van der Waals surface area (Å²) in [6.07, 6.45) is 1.90.